The molecule has 0 aromatic rings. The maximum Gasteiger partial charge on any atom is 0.270 e. The minimum absolute atomic E-state index is 0.133. The van der Waals surface area contributed by atoms with Crippen molar-refractivity contribution < 1.29 is 23.6 Å². The van der Waals surface area contributed by atoms with E-state index < -0.39 is 11.6 Å². The number of ketones is 1. The van der Waals surface area contributed by atoms with E-state index >= 15 is 0 Å². The molecule has 0 bridgehead atoms. The monoisotopic (exact) mass is 378 g/mol. The zero-order chi connectivity index (χ0) is 19.7. The van der Waals surface area contributed by atoms with Crippen molar-refractivity contribution in [3.05, 3.63) is 0 Å². The Morgan fingerprint density at radius 1 is 1.07 bits per heavy atom. The van der Waals surface area contributed by atoms with E-state index in [1.54, 1.807) is 0 Å². The van der Waals surface area contributed by atoms with Crippen LogP contribution in [0.4, 0.5) is 4.39 Å². The van der Waals surface area contributed by atoms with Crippen LogP contribution in [0.15, 0.2) is 0 Å². The molecular weight excluding hydrogens is 351 g/mol. The van der Waals surface area contributed by atoms with Gasteiger partial charge < -0.3 is 5.32 Å². The van der Waals surface area contributed by atoms with Crippen LogP contribution in [0.1, 0.15) is 70.6 Å². The first kappa shape index (κ1) is 21.1. The van der Waals surface area contributed by atoms with E-state index in [0.717, 1.165) is 17.7 Å². The third-order valence-electron chi connectivity index (χ3n) is 4.88. The summed E-state index contributed by atoms with van der Waals surface area (Å²) >= 11 is 0. The molecule has 27 heavy (non-hydrogen) atoms. The number of likely N-dealkylation sites (tertiary alicyclic amines) is 1. The van der Waals surface area contributed by atoms with Gasteiger partial charge in [0, 0.05) is 38.6 Å². The summed E-state index contributed by atoms with van der Waals surface area (Å²) in [6.45, 7) is 0.195. The van der Waals surface area contributed by atoms with Crippen LogP contribution in [-0.4, -0.2) is 47.2 Å². The number of nitrogens with zero attached hydrogens (tertiary/aromatic N) is 1. The fourth-order valence-electron chi connectivity index (χ4n) is 3.21. The van der Waals surface area contributed by atoms with Crippen molar-refractivity contribution in [3.8, 4) is 11.8 Å². The van der Waals surface area contributed by atoms with Crippen molar-refractivity contribution in [2.45, 2.75) is 76.3 Å². The summed E-state index contributed by atoms with van der Waals surface area (Å²) in [5, 5.41) is 2.60. The summed E-state index contributed by atoms with van der Waals surface area (Å²) in [6, 6.07) is 0. The first-order valence-electron chi connectivity index (χ1n) is 9.74. The summed E-state index contributed by atoms with van der Waals surface area (Å²) in [5.41, 5.74) is -2.09. The van der Waals surface area contributed by atoms with Crippen LogP contribution in [0.2, 0.25) is 0 Å². The van der Waals surface area contributed by atoms with Crippen molar-refractivity contribution >= 4 is 23.5 Å². The van der Waals surface area contributed by atoms with E-state index in [2.05, 4.69) is 17.2 Å². The zero-order valence-corrected chi connectivity index (χ0v) is 15.7. The molecule has 1 fully saturated rings. The van der Waals surface area contributed by atoms with Crippen LogP contribution < -0.4 is 5.32 Å². The van der Waals surface area contributed by atoms with Crippen LogP contribution >= 0.6 is 0 Å². The lowest BCUT2D eigenvalue weighted by atomic mass is 9.94. The van der Waals surface area contributed by atoms with E-state index in [1.807, 2.05) is 0 Å². The number of carbonyl (C=O) groups excluding carboxylic acids is 4. The van der Waals surface area contributed by atoms with Gasteiger partial charge in [0.15, 0.2) is 5.78 Å². The maximum atomic E-state index is 14.7. The molecule has 0 aromatic carbocycles. The van der Waals surface area contributed by atoms with Crippen LogP contribution in [-0.2, 0) is 19.2 Å². The number of rotatable bonds is 9. The standard InChI is InChI=1S/C20H27FN2O4/c21-20(12-6-2-1-3-7-13-20)19(27)22-14-8-4-5-9-16(24)15-23-17(25)10-11-18(23)26/h1-6,8-12,14-15H2,(H,22,27). The first-order chi connectivity index (χ1) is 12.9. The lowest BCUT2D eigenvalue weighted by Crippen LogP contribution is -2.43. The van der Waals surface area contributed by atoms with Gasteiger partial charge in [-0.1, -0.05) is 24.7 Å². The minimum atomic E-state index is -2.09. The SMILES string of the molecule is O=C(CCCCCNC(=O)C1(F)C#CCCCCC1)CN1C(=O)CCC1=O. The highest BCUT2D eigenvalue weighted by atomic mass is 19.1. The van der Waals surface area contributed by atoms with Gasteiger partial charge in [-0.05, 0) is 25.7 Å². The normalized spacial score (nSPS) is 22.6. The van der Waals surface area contributed by atoms with E-state index in [9.17, 15) is 23.6 Å². The molecule has 7 heteroatoms. The predicted molar refractivity (Wildman–Crippen MR) is 97.1 cm³/mol. The maximum absolute atomic E-state index is 14.7. The molecule has 1 atom stereocenters. The molecule has 3 amide bonds. The van der Waals surface area contributed by atoms with Gasteiger partial charge in [-0.25, -0.2) is 4.39 Å². The number of halogens is 1. The largest absolute Gasteiger partial charge is 0.352 e. The minimum Gasteiger partial charge on any atom is -0.352 e. The molecule has 2 aliphatic rings. The summed E-state index contributed by atoms with van der Waals surface area (Å²) in [5.74, 6) is 3.84. The number of hydrogen-bond donors (Lipinski definition) is 1. The molecule has 1 N–H and O–H groups in total. The Balaban J connectivity index is 1.60. The average molecular weight is 378 g/mol. The smallest absolute Gasteiger partial charge is 0.270 e. The number of Topliss-reactive ketones (excluding diaryl/α,β-unsaturated/α-hetero) is 1. The van der Waals surface area contributed by atoms with Crippen LogP contribution in [0.3, 0.4) is 0 Å². The molecule has 1 unspecified atom stereocenters. The number of hydrogen-bond acceptors (Lipinski definition) is 4. The predicted octanol–water partition coefficient (Wildman–Crippen LogP) is 2.06. The van der Waals surface area contributed by atoms with Crippen molar-refractivity contribution in [2.24, 2.45) is 0 Å². The van der Waals surface area contributed by atoms with Gasteiger partial charge in [-0.2, -0.15) is 0 Å². The van der Waals surface area contributed by atoms with Crippen LogP contribution in [0.5, 0.6) is 0 Å². The summed E-state index contributed by atoms with van der Waals surface area (Å²) in [7, 11) is 0. The van der Waals surface area contributed by atoms with Gasteiger partial charge in [0.05, 0.1) is 6.54 Å². The Kier molecular flexibility index (Phi) is 7.96. The summed E-state index contributed by atoms with van der Waals surface area (Å²) in [6.07, 6.45) is 5.83. The second-order valence-corrected chi connectivity index (χ2v) is 7.14. The number of carbonyl (C=O) groups is 4. The van der Waals surface area contributed by atoms with Gasteiger partial charge >= 0.3 is 0 Å². The van der Waals surface area contributed by atoms with Crippen molar-refractivity contribution in [1.82, 2.24) is 10.2 Å². The molecule has 148 valence electrons. The molecule has 0 spiro atoms. The van der Waals surface area contributed by atoms with Gasteiger partial charge in [0.25, 0.3) is 5.91 Å². The fraction of sp³-hybridized carbons (Fsp3) is 0.700. The van der Waals surface area contributed by atoms with Crippen molar-refractivity contribution in [1.29, 1.82) is 0 Å². The van der Waals surface area contributed by atoms with E-state index in [0.29, 0.717) is 38.6 Å². The quantitative estimate of drug-likeness (QED) is 0.378. The van der Waals surface area contributed by atoms with Crippen LogP contribution in [0.25, 0.3) is 0 Å². The molecule has 6 nitrogen and oxygen atoms in total. The Morgan fingerprint density at radius 2 is 1.81 bits per heavy atom. The summed E-state index contributed by atoms with van der Waals surface area (Å²) < 4.78 is 14.7. The first-order valence-corrected chi connectivity index (χ1v) is 9.74. The average Bonchev–Trinajstić information content (AvgIpc) is 2.93. The van der Waals surface area contributed by atoms with E-state index in [-0.39, 0.29) is 49.8 Å². The van der Waals surface area contributed by atoms with E-state index in [4.69, 9.17) is 0 Å². The molecular formula is C20H27FN2O4. The van der Waals surface area contributed by atoms with Gasteiger partial charge in [-0.15, -0.1) is 0 Å². The highest BCUT2D eigenvalue weighted by molar-refractivity contribution is 6.04. The Labute approximate surface area is 159 Å². The van der Waals surface area contributed by atoms with Gasteiger partial charge in [-0.3, -0.25) is 24.1 Å². The number of unbranched alkanes of at least 4 members (excludes halogenated alkanes) is 2. The lowest BCUT2D eigenvalue weighted by Gasteiger charge is -2.20. The molecule has 1 saturated heterocycles. The number of nitrogens with one attached hydrogen (secondary N) is 1. The lowest BCUT2D eigenvalue weighted by molar-refractivity contribution is -0.141. The van der Waals surface area contributed by atoms with Crippen LogP contribution in [0, 0.1) is 11.8 Å². The van der Waals surface area contributed by atoms with Crippen molar-refractivity contribution in [2.75, 3.05) is 13.1 Å². The Hall–Kier alpha value is -2.23. The fourth-order valence-corrected chi connectivity index (χ4v) is 3.21. The van der Waals surface area contributed by atoms with Gasteiger partial charge in [0.1, 0.15) is 0 Å². The van der Waals surface area contributed by atoms with Crippen molar-refractivity contribution in [3.63, 3.8) is 0 Å². The summed E-state index contributed by atoms with van der Waals surface area (Å²) in [4.78, 5) is 47.9. The second kappa shape index (κ2) is 10.2. The molecule has 0 saturated carbocycles. The molecule has 1 heterocycles. The highest BCUT2D eigenvalue weighted by Gasteiger charge is 2.36. The number of amides is 3. The third-order valence-corrected chi connectivity index (χ3v) is 4.88. The zero-order valence-electron chi connectivity index (χ0n) is 15.7. The molecule has 1 aliphatic heterocycles. The third kappa shape index (κ3) is 6.46. The highest BCUT2D eigenvalue weighted by Crippen LogP contribution is 2.22. The molecule has 1 aliphatic carbocycles. The Morgan fingerprint density at radius 3 is 2.56 bits per heavy atom. The molecule has 2 rings (SSSR count). The Bertz CT molecular complexity index is 636. The number of imide groups is 1. The topological polar surface area (TPSA) is 83.6 Å². The van der Waals surface area contributed by atoms with Gasteiger partial charge in [0.2, 0.25) is 17.5 Å². The number of alkyl halides is 1. The second-order valence-electron chi connectivity index (χ2n) is 7.14. The molecule has 0 radical (unpaired) electrons. The van der Waals surface area contributed by atoms with E-state index in [1.165, 1.54) is 0 Å². The molecule has 0 aromatic heterocycles.